The summed E-state index contributed by atoms with van der Waals surface area (Å²) in [5.74, 6) is 1.74. The molecule has 19 heavy (non-hydrogen) atoms. The summed E-state index contributed by atoms with van der Waals surface area (Å²) in [7, 11) is 1.66. The molecule has 0 saturated carbocycles. The summed E-state index contributed by atoms with van der Waals surface area (Å²) in [5.41, 5.74) is 0.215. The smallest absolute Gasteiger partial charge is 0.119 e. The molecule has 106 valence electrons. The van der Waals surface area contributed by atoms with Crippen molar-refractivity contribution in [2.75, 3.05) is 25.7 Å². The molecule has 1 heterocycles. The molecule has 1 fully saturated rings. The van der Waals surface area contributed by atoms with Gasteiger partial charge in [0.15, 0.2) is 0 Å². The van der Waals surface area contributed by atoms with Crippen molar-refractivity contribution in [3.8, 4) is 11.5 Å². The molecule has 4 heteroatoms. The van der Waals surface area contributed by atoms with Crippen LogP contribution in [0.1, 0.15) is 19.8 Å². The molecule has 0 radical (unpaired) electrons. The molecule has 0 N–H and O–H groups in total. The number of hydrogen-bond acceptors (Lipinski definition) is 3. The quantitative estimate of drug-likeness (QED) is 0.746. The Kier molecular flexibility index (Phi) is 5.11. The van der Waals surface area contributed by atoms with Gasteiger partial charge in [-0.3, -0.25) is 0 Å². The minimum atomic E-state index is 0.215. The molecule has 0 amide bonds. The normalized spacial score (nSPS) is 26.4. The third-order valence-electron chi connectivity index (χ3n) is 4.02. The second-order valence-electron chi connectivity index (χ2n) is 5.03. The van der Waals surface area contributed by atoms with Crippen LogP contribution in [0, 0.1) is 5.41 Å². The predicted molar refractivity (Wildman–Crippen MR) is 79.4 cm³/mol. The molecular weight excluding hydrogens is 308 g/mol. The van der Waals surface area contributed by atoms with Gasteiger partial charge in [0.25, 0.3) is 0 Å². The Bertz CT molecular complexity index is 393. The van der Waals surface area contributed by atoms with Crippen LogP contribution in [0.15, 0.2) is 24.3 Å². The SMILES string of the molecule is COc1ccc(OCCC2(CBr)CCOC2C)cc1. The number of halogens is 1. The molecule has 3 nitrogen and oxygen atoms in total. The third kappa shape index (κ3) is 3.42. The van der Waals surface area contributed by atoms with Gasteiger partial charge < -0.3 is 14.2 Å². The summed E-state index contributed by atoms with van der Waals surface area (Å²) in [6.45, 7) is 3.72. The van der Waals surface area contributed by atoms with E-state index in [0.717, 1.165) is 36.3 Å². The van der Waals surface area contributed by atoms with Crippen molar-refractivity contribution in [2.24, 2.45) is 5.41 Å². The molecular formula is C15H21BrO3. The standard InChI is InChI=1S/C15H21BrO3/c1-12-15(11-16,7-9-18-12)8-10-19-14-5-3-13(17-2)4-6-14/h3-6,12H,7-11H2,1-2H3. The van der Waals surface area contributed by atoms with Gasteiger partial charge in [-0.1, -0.05) is 15.9 Å². The predicted octanol–water partition coefficient (Wildman–Crippen LogP) is 3.65. The van der Waals surface area contributed by atoms with Crippen LogP contribution in [0.4, 0.5) is 0 Å². The minimum absolute atomic E-state index is 0.215. The monoisotopic (exact) mass is 328 g/mol. The number of hydrogen-bond donors (Lipinski definition) is 0. The van der Waals surface area contributed by atoms with Crippen LogP contribution in [0.2, 0.25) is 0 Å². The largest absolute Gasteiger partial charge is 0.497 e. The van der Waals surface area contributed by atoms with Crippen LogP contribution in [-0.4, -0.2) is 31.8 Å². The van der Waals surface area contributed by atoms with Crippen molar-refractivity contribution in [1.29, 1.82) is 0 Å². The molecule has 2 atom stereocenters. The van der Waals surface area contributed by atoms with E-state index in [1.807, 2.05) is 24.3 Å². The zero-order valence-corrected chi connectivity index (χ0v) is 13.1. The highest BCUT2D eigenvalue weighted by Crippen LogP contribution is 2.39. The Morgan fingerprint density at radius 1 is 1.32 bits per heavy atom. The highest BCUT2D eigenvalue weighted by Gasteiger charge is 2.40. The number of ether oxygens (including phenoxy) is 3. The minimum Gasteiger partial charge on any atom is -0.497 e. The van der Waals surface area contributed by atoms with Crippen molar-refractivity contribution < 1.29 is 14.2 Å². The van der Waals surface area contributed by atoms with Crippen molar-refractivity contribution >= 4 is 15.9 Å². The van der Waals surface area contributed by atoms with Gasteiger partial charge in [-0.25, -0.2) is 0 Å². The maximum Gasteiger partial charge on any atom is 0.119 e. The fraction of sp³-hybridized carbons (Fsp3) is 0.600. The van der Waals surface area contributed by atoms with E-state index in [0.29, 0.717) is 12.7 Å². The number of alkyl halides is 1. The van der Waals surface area contributed by atoms with Crippen molar-refractivity contribution in [2.45, 2.75) is 25.9 Å². The van der Waals surface area contributed by atoms with Gasteiger partial charge in [-0.2, -0.15) is 0 Å². The fourth-order valence-electron chi connectivity index (χ4n) is 2.43. The van der Waals surface area contributed by atoms with Gasteiger partial charge in [0.2, 0.25) is 0 Å². The summed E-state index contributed by atoms with van der Waals surface area (Å²) in [6.07, 6.45) is 2.41. The number of methoxy groups -OCH3 is 1. The van der Waals surface area contributed by atoms with E-state index in [1.165, 1.54) is 0 Å². The number of rotatable bonds is 6. The average Bonchev–Trinajstić information content (AvgIpc) is 2.81. The lowest BCUT2D eigenvalue weighted by molar-refractivity contribution is 0.0632. The maximum absolute atomic E-state index is 5.81. The van der Waals surface area contributed by atoms with Gasteiger partial charge in [0.05, 0.1) is 19.8 Å². The molecule has 0 aromatic heterocycles. The summed E-state index contributed by atoms with van der Waals surface area (Å²) >= 11 is 3.63. The van der Waals surface area contributed by atoms with E-state index in [4.69, 9.17) is 14.2 Å². The molecule has 1 aliphatic heterocycles. The van der Waals surface area contributed by atoms with Crippen LogP contribution in [0.3, 0.4) is 0 Å². The van der Waals surface area contributed by atoms with Gasteiger partial charge in [0.1, 0.15) is 11.5 Å². The van der Waals surface area contributed by atoms with Gasteiger partial charge in [-0.05, 0) is 44.0 Å². The first-order chi connectivity index (χ1) is 9.20. The first-order valence-corrected chi connectivity index (χ1v) is 7.77. The van der Waals surface area contributed by atoms with Crippen LogP contribution in [0.5, 0.6) is 11.5 Å². The highest BCUT2D eigenvalue weighted by atomic mass is 79.9. The first-order valence-electron chi connectivity index (χ1n) is 6.64. The van der Waals surface area contributed by atoms with Crippen molar-refractivity contribution in [3.63, 3.8) is 0 Å². The van der Waals surface area contributed by atoms with E-state index in [1.54, 1.807) is 7.11 Å². The van der Waals surface area contributed by atoms with Crippen LogP contribution >= 0.6 is 15.9 Å². The molecule has 2 rings (SSSR count). The second-order valence-corrected chi connectivity index (χ2v) is 5.59. The van der Waals surface area contributed by atoms with E-state index in [2.05, 4.69) is 22.9 Å². The molecule has 1 aromatic rings. The zero-order valence-electron chi connectivity index (χ0n) is 11.5. The molecule has 0 aliphatic carbocycles. The maximum atomic E-state index is 5.81. The van der Waals surface area contributed by atoms with Crippen LogP contribution in [0.25, 0.3) is 0 Å². The van der Waals surface area contributed by atoms with Gasteiger partial charge in [-0.15, -0.1) is 0 Å². The summed E-state index contributed by atoms with van der Waals surface area (Å²) < 4.78 is 16.6. The van der Waals surface area contributed by atoms with Crippen LogP contribution in [-0.2, 0) is 4.74 Å². The van der Waals surface area contributed by atoms with E-state index in [9.17, 15) is 0 Å². The lowest BCUT2D eigenvalue weighted by atomic mass is 9.81. The Morgan fingerprint density at radius 2 is 2.00 bits per heavy atom. The Hall–Kier alpha value is -0.740. The Balaban J connectivity index is 1.85. The van der Waals surface area contributed by atoms with Gasteiger partial charge in [0, 0.05) is 17.4 Å². The number of benzene rings is 1. The molecule has 1 aliphatic rings. The fourth-order valence-corrected chi connectivity index (χ4v) is 3.45. The average molecular weight is 329 g/mol. The zero-order chi connectivity index (χ0) is 13.7. The van der Waals surface area contributed by atoms with E-state index < -0.39 is 0 Å². The summed E-state index contributed by atoms with van der Waals surface area (Å²) in [5, 5.41) is 0.965. The van der Waals surface area contributed by atoms with E-state index >= 15 is 0 Å². The molecule has 1 saturated heterocycles. The molecule has 0 bridgehead atoms. The van der Waals surface area contributed by atoms with E-state index in [-0.39, 0.29) is 5.41 Å². The third-order valence-corrected chi connectivity index (χ3v) is 5.14. The molecule has 0 spiro atoms. The summed E-state index contributed by atoms with van der Waals surface area (Å²) in [4.78, 5) is 0. The van der Waals surface area contributed by atoms with Crippen molar-refractivity contribution in [1.82, 2.24) is 0 Å². The highest BCUT2D eigenvalue weighted by molar-refractivity contribution is 9.09. The summed E-state index contributed by atoms with van der Waals surface area (Å²) in [6, 6.07) is 7.70. The lowest BCUT2D eigenvalue weighted by Crippen LogP contribution is -2.32. The second kappa shape index (κ2) is 6.62. The Morgan fingerprint density at radius 3 is 2.53 bits per heavy atom. The molecule has 1 aromatic carbocycles. The van der Waals surface area contributed by atoms with Gasteiger partial charge >= 0.3 is 0 Å². The Labute approximate surface area is 123 Å². The van der Waals surface area contributed by atoms with Crippen LogP contribution < -0.4 is 9.47 Å². The lowest BCUT2D eigenvalue weighted by Gasteiger charge is -2.30. The molecule has 2 unspecified atom stereocenters. The van der Waals surface area contributed by atoms with Crippen molar-refractivity contribution in [3.05, 3.63) is 24.3 Å². The topological polar surface area (TPSA) is 27.7 Å². The first kappa shape index (κ1) is 14.7.